The fraction of sp³-hybridized carbons (Fsp3) is 0.130. The molecule has 3 aromatic carbocycles. The van der Waals surface area contributed by atoms with Gasteiger partial charge in [-0.15, -0.1) is 0 Å². The van der Waals surface area contributed by atoms with E-state index >= 15 is 0 Å². The number of nitrogens with zero attached hydrogens (tertiary/aromatic N) is 1. The Bertz CT molecular complexity index is 1140. The number of benzene rings is 3. The molecule has 3 rings (SSSR count). The molecule has 0 aliphatic heterocycles. The van der Waals surface area contributed by atoms with Crippen molar-refractivity contribution >= 4 is 62.2 Å². The molecule has 6 nitrogen and oxygen atoms in total. The maximum atomic E-state index is 12.2. The molecule has 166 valence electrons. The third-order valence-corrected chi connectivity index (χ3v) is 6.10. The Morgan fingerprint density at radius 3 is 2.56 bits per heavy atom. The summed E-state index contributed by atoms with van der Waals surface area (Å²) in [6, 6.07) is 15.6. The van der Waals surface area contributed by atoms with Crippen LogP contribution in [0.1, 0.15) is 28.4 Å². The van der Waals surface area contributed by atoms with Gasteiger partial charge in [-0.25, -0.2) is 5.43 Å². The summed E-state index contributed by atoms with van der Waals surface area (Å²) in [4.78, 5) is 12.2. The predicted molar refractivity (Wildman–Crippen MR) is 137 cm³/mol. The van der Waals surface area contributed by atoms with Crippen molar-refractivity contribution in [2.24, 2.45) is 5.10 Å². The van der Waals surface area contributed by atoms with Crippen LogP contribution in [0.3, 0.4) is 0 Å². The van der Waals surface area contributed by atoms with Gasteiger partial charge in [0.2, 0.25) is 0 Å². The number of hydrogen-bond acceptors (Lipinski definition) is 5. The maximum Gasteiger partial charge on any atom is 0.271 e. The van der Waals surface area contributed by atoms with Gasteiger partial charge in [-0.2, -0.15) is 5.10 Å². The molecule has 0 radical (unpaired) electrons. The summed E-state index contributed by atoms with van der Waals surface area (Å²) in [7, 11) is 0. The lowest BCUT2D eigenvalue weighted by molar-refractivity contribution is 0.0954. The van der Waals surface area contributed by atoms with E-state index in [2.05, 4.69) is 26.5 Å². The van der Waals surface area contributed by atoms with E-state index in [9.17, 15) is 9.90 Å². The summed E-state index contributed by atoms with van der Waals surface area (Å²) in [5, 5.41) is 14.4. The molecule has 0 bridgehead atoms. The van der Waals surface area contributed by atoms with Crippen LogP contribution < -0.4 is 14.9 Å². The number of carbonyl (C=O) groups excluding carboxylic acids is 1. The van der Waals surface area contributed by atoms with Crippen LogP contribution in [-0.2, 0) is 6.61 Å². The van der Waals surface area contributed by atoms with Crippen LogP contribution in [0.5, 0.6) is 17.2 Å². The van der Waals surface area contributed by atoms with Gasteiger partial charge < -0.3 is 14.6 Å². The molecule has 0 heterocycles. The molecule has 2 N–H and O–H groups in total. The minimum absolute atomic E-state index is 0.0421. The topological polar surface area (TPSA) is 80.2 Å². The predicted octanol–water partition coefficient (Wildman–Crippen LogP) is 6.15. The van der Waals surface area contributed by atoms with E-state index in [-0.39, 0.29) is 5.75 Å². The highest BCUT2D eigenvalue weighted by molar-refractivity contribution is 14.1. The Labute approximate surface area is 212 Å². The summed E-state index contributed by atoms with van der Waals surface area (Å²) < 4.78 is 13.0. The second-order valence-corrected chi connectivity index (χ2v) is 8.99. The van der Waals surface area contributed by atoms with Crippen LogP contribution in [0.25, 0.3) is 0 Å². The highest BCUT2D eigenvalue weighted by Crippen LogP contribution is 2.34. The van der Waals surface area contributed by atoms with Crippen LogP contribution in [0.15, 0.2) is 64.2 Å². The summed E-state index contributed by atoms with van der Waals surface area (Å²) in [6.45, 7) is 2.70. The third kappa shape index (κ3) is 6.60. The summed E-state index contributed by atoms with van der Waals surface area (Å²) in [6.07, 6.45) is 1.50. The first-order chi connectivity index (χ1) is 15.4. The molecule has 0 saturated carbocycles. The summed E-state index contributed by atoms with van der Waals surface area (Å²) in [5.74, 6) is 0.738. The number of carbonyl (C=O) groups is 1. The molecular weight excluding hydrogens is 611 g/mol. The van der Waals surface area contributed by atoms with Gasteiger partial charge in [0, 0.05) is 20.6 Å². The molecule has 0 unspecified atom stereocenters. The smallest absolute Gasteiger partial charge is 0.271 e. The quantitative estimate of drug-likeness (QED) is 0.178. The largest absolute Gasteiger partial charge is 0.507 e. The Kier molecular flexibility index (Phi) is 8.77. The van der Waals surface area contributed by atoms with Gasteiger partial charge in [-0.05, 0) is 93.5 Å². The van der Waals surface area contributed by atoms with E-state index in [1.165, 1.54) is 12.3 Å². The average Bonchev–Trinajstić information content (AvgIpc) is 2.77. The molecular formula is C23H19BrClIN2O4. The lowest BCUT2D eigenvalue weighted by Gasteiger charge is -2.14. The van der Waals surface area contributed by atoms with Crippen LogP contribution in [-0.4, -0.2) is 23.8 Å². The van der Waals surface area contributed by atoms with E-state index in [1.807, 2.05) is 53.8 Å². The second kappa shape index (κ2) is 11.5. The Morgan fingerprint density at radius 2 is 1.88 bits per heavy atom. The van der Waals surface area contributed by atoms with Crippen molar-refractivity contribution in [3.05, 3.63) is 84.4 Å². The Hall–Kier alpha value is -2.30. The number of phenols is 1. The normalized spacial score (nSPS) is 10.9. The molecule has 0 spiro atoms. The number of aromatic hydroxyl groups is 1. The van der Waals surface area contributed by atoms with Crippen molar-refractivity contribution in [2.45, 2.75) is 13.5 Å². The number of hydrazone groups is 1. The van der Waals surface area contributed by atoms with E-state index in [0.717, 1.165) is 10.0 Å². The zero-order valence-electron chi connectivity index (χ0n) is 16.9. The molecule has 0 aromatic heterocycles. The van der Waals surface area contributed by atoms with Gasteiger partial charge in [0.1, 0.15) is 12.4 Å². The first-order valence-corrected chi connectivity index (χ1v) is 11.8. The number of nitrogens with one attached hydrogen (secondary N) is 1. The highest BCUT2D eigenvalue weighted by Gasteiger charge is 2.11. The van der Waals surface area contributed by atoms with Crippen LogP contribution in [0.4, 0.5) is 0 Å². The Morgan fingerprint density at radius 1 is 1.16 bits per heavy atom. The average molecular weight is 630 g/mol. The number of hydrogen-bond donors (Lipinski definition) is 2. The fourth-order valence-electron chi connectivity index (χ4n) is 2.65. The van der Waals surface area contributed by atoms with E-state index in [1.54, 1.807) is 24.3 Å². The molecule has 3 aromatic rings. The van der Waals surface area contributed by atoms with Crippen molar-refractivity contribution in [3.63, 3.8) is 0 Å². The number of halogens is 3. The molecule has 32 heavy (non-hydrogen) atoms. The zero-order chi connectivity index (χ0) is 23.1. The minimum Gasteiger partial charge on any atom is -0.507 e. The van der Waals surface area contributed by atoms with E-state index in [4.69, 9.17) is 21.1 Å². The van der Waals surface area contributed by atoms with Crippen molar-refractivity contribution < 1.29 is 19.4 Å². The number of rotatable bonds is 8. The maximum absolute atomic E-state index is 12.2. The Balaban J connectivity index is 1.72. The molecule has 0 aliphatic rings. The first-order valence-electron chi connectivity index (χ1n) is 9.53. The minimum atomic E-state index is -0.433. The summed E-state index contributed by atoms with van der Waals surface area (Å²) in [5.41, 5.74) is 4.43. The van der Waals surface area contributed by atoms with Crippen molar-refractivity contribution in [3.8, 4) is 17.2 Å². The van der Waals surface area contributed by atoms with Gasteiger partial charge >= 0.3 is 0 Å². The SMILES string of the molecule is CCOc1cc(/C=N\NC(=O)c2ccc(I)c(O)c2)c(Br)cc1OCc1ccc(Cl)cc1. The van der Waals surface area contributed by atoms with Gasteiger partial charge in [-0.3, -0.25) is 4.79 Å². The first kappa shape index (κ1) is 24.3. The second-order valence-electron chi connectivity index (χ2n) is 6.53. The van der Waals surface area contributed by atoms with Crippen LogP contribution in [0.2, 0.25) is 5.02 Å². The van der Waals surface area contributed by atoms with Crippen molar-refractivity contribution in [2.75, 3.05) is 6.61 Å². The molecule has 0 saturated heterocycles. The zero-order valence-corrected chi connectivity index (χ0v) is 21.4. The van der Waals surface area contributed by atoms with Gasteiger partial charge in [0.15, 0.2) is 11.5 Å². The molecule has 1 amide bonds. The van der Waals surface area contributed by atoms with Crippen LogP contribution in [0, 0.1) is 3.57 Å². The van der Waals surface area contributed by atoms with E-state index < -0.39 is 5.91 Å². The van der Waals surface area contributed by atoms with Crippen LogP contribution >= 0.6 is 50.1 Å². The highest BCUT2D eigenvalue weighted by atomic mass is 127. The molecule has 0 aliphatic carbocycles. The molecule has 9 heteroatoms. The standard InChI is InChI=1S/C23H19BrClIN2O4/c1-2-31-21-10-16(12-27-28-23(30)15-5-8-19(26)20(29)9-15)18(24)11-22(21)32-13-14-3-6-17(25)7-4-14/h3-12,29H,2,13H2,1H3,(H,28,30)/b27-12-. The van der Waals surface area contributed by atoms with E-state index in [0.29, 0.717) is 44.4 Å². The molecule has 0 fully saturated rings. The lowest BCUT2D eigenvalue weighted by Crippen LogP contribution is -2.17. The monoisotopic (exact) mass is 628 g/mol. The lowest BCUT2D eigenvalue weighted by atomic mass is 10.2. The molecule has 0 atom stereocenters. The number of ether oxygens (including phenoxy) is 2. The number of phenolic OH excluding ortho intramolecular Hbond substituents is 1. The van der Waals surface area contributed by atoms with Gasteiger partial charge in [0.25, 0.3) is 5.91 Å². The summed E-state index contributed by atoms with van der Waals surface area (Å²) >= 11 is 11.4. The van der Waals surface area contributed by atoms with Crippen molar-refractivity contribution in [1.29, 1.82) is 0 Å². The number of amides is 1. The van der Waals surface area contributed by atoms with Gasteiger partial charge in [-0.1, -0.05) is 23.7 Å². The fourth-order valence-corrected chi connectivity index (χ4v) is 3.54. The third-order valence-electron chi connectivity index (χ3n) is 4.25. The van der Waals surface area contributed by atoms with Gasteiger partial charge in [0.05, 0.1) is 16.4 Å². The van der Waals surface area contributed by atoms with Crippen molar-refractivity contribution in [1.82, 2.24) is 5.43 Å².